The number of carboxylic acid groups (broad SMARTS) is 1. The lowest BCUT2D eigenvalue weighted by Crippen LogP contribution is -1.97. The van der Waals surface area contributed by atoms with Crippen LogP contribution in [-0.4, -0.2) is 23.9 Å². The highest BCUT2D eigenvalue weighted by Gasteiger charge is 2.13. The predicted molar refractivity (Wildman–Crippen MR) is 44.1 cm³/mol. The lowest BCUT2D eigenvalue weighted by atomic mass is 10.8. The van der Waals surface area contributed by atoms with Crippen LogP contribution in [-0.2, 0) is 4.74 Å². The molecule has 0 amide bonds. The van der Waals surface area contributed by atoms with Crippen molar-refractivity contribution in [3.8, 4) is 0 Å². The summed E-state index contributed by atoms with van der Waals surface area (Å²) in [5.74, 6) is 0. The van der Waals surface area contributed by atoms with Gasteiger partial charge in [-0.1, -0.05) is 0 Å². The minimum Gasteiger partial charge on any atom is -0.450 e. The Hall–Kier alpha value is -0.480. The van der Waals surface area contributed by atoms with E-state index in [1.807, 2.05) is 0 Å². The van der Waals surface area contributed by atoms with Crippen LogP contribution in [0.15, 0.2) is 0 Å². The molecule has 0 aromatic heterocycles. The van der Waals surface area contributed by atoms with Gasteiger partial charge in [0.2, 0.25) is 0 Å². The Morgan fingerprint density at radius 3 is 2.09 bits per heavy atom. The summed E-state index contributed by atoms with van der Waals surface area (Å²) in [6, 6.07) is 0.583. The van der Waals surface area contributed by atoms with Gasteiger partial charge in [-0.05, 0) is 19.8 Å². The topological polar surface area (TPSA) is 72.5 Å². The van der Waals surface area contributed by atoms with Gasteiger partial charge in [0.05, 0.1) is 6.61 Å². The van der Waals surface area contributed by atoms with E-state index in [0.717, 1.165) is 0 Å². The highest BCUT2D eigenvalue weighted by Crippen LogP contribution is 2.13. The Kier molecular flexibility index (Phi) is 9.10. The van der Waals surface area contributed by atoms with Crippen LogP contribution in [0.1, 0.15) is 19.8 Å². The van der Waals surface area contributed by atoms with Gasteiger partial charge >= 0.3 is 6.16 Å². The maximum Gasteiger partial charge on any atom is 0.505 e. The van der Waals surface area contributed by atoms with Crippen LogP contribution in [0.2, 0.25) is 0 Å². The number of carbonyl (C=O) groups is 1. The molecule has 0 aliphatic heterocycles. The van der Waals surface area contributed by atoms with E-state index < -0.39 is 6.16 Å². The zero-order valence-corrected chi connectivity index (χ0v) is 7.26. The van der Waals surface area contributed by atoms with Crippen molar-refractivity contribution in [2.24, 2.45) is 5.73 Å². The lowest BCUT2D eigenvalue weighted by Gasteiger charge is -1.87. The molecule has 5 heteroatoms. The minimum atomic E-state index is -1.21. The van der Waals surface area contributed by atoms with Gasteiger partial charge in [0.25, 0.3) is 0 Å². The molecule has 0 unspecified atom stereocenters. The number of ether oxygens (including phenoxy) is 1. The smallest absolute Gasteiger partial charge is 0.450 e. The van der Waals surface area contributed by atoms with Crippen LogP contribution in [0.25, 0.3) is 0 Å². The average Bonchev–Trinajstić information content (AvgIpc) is 2.52. The summed E-state index contributed by atoms with van der Waals surface area (Å²) in [6.07, 6.45) is 1.32. The fourth-order valence-corrected chi connectivity index (χ4v) is 0.220. The van der Waals surface area contributed by atoms with Gasteiger partial charge in [-0.2, -0.15) is 0 Å². The Morgan fingerprint density at radius 2 is 2.09 bits per heavy atom. The first-order valence-electron chi connectivity index (χ1n) is 3.28. The molecule has 0 aromatic rings. The van der Waals surface area contributed by atoms with Gasteiger partial charge in [0, 0.05) is 6.04 Å². The molecule has 0 bridgehead atoms. The van der Waals surface area contributed by atoms with Crippen LogP contribution in [0.4, 0.5) is 4.79 Å². The van der Waals surface area contributed by atoms with Crippen molar-refractivity contribution in [3.05, 3.63) is 0 Å². The van der Waals surface area contributed by atoms with Gasteiger partial charge < -0.3 is 15.6 Å². The molecule has 0 aromatic carbocycles. The first-order chi connectivity index (χ1) is 4.66. The summed E-state index contributed by atoms with van der Waals surface area (Å²) in [4.78, 5) is 9.38. The fraction of sp³-hybridized carbons (Fsp3) is 0.833. The van der Waals surface area contributed by atoms with E-state index in [9.17, 15) is 4.79 Å². The second-order valence-corrected chi connectivity index (χ2v) is 2.04. The van der Waals surface area contributed by atoms with Crippen molar-refractivity contribution in [1.29, 1.82) is 0 Å². The van der Waals surface area contributed by atoms with E-state index in [2.05, 4.69) is 4.74 Å². The Bertz CT molecular complexity index is 106. The molecule has 0 saturated heterocycles. The molecule has 0 heterocycles. The zero-order chi connectivity index (χ0) is 7.98. The van der Waals surface area contributed by atoms with Crippen LogP contribution >= 0.6 is 12.4 Å². The molecule has 3 N–H and O–H groups in total. The number of rotatable bonds is 1. The number of nitrogens with two attached hydrogens (primary N) is 1. The van der Waals surface area contributed by atoms with Crippen LogP contribution in [0, 0.1) is 0 Å². The maximum absolute atomic E-state index is 9.38. The summed E-state index contributed by atoms with van der Waals surface area (Å²) in [6.45, 7) is 1.85. The molecule has 1 aliphatic rings. The van der Waals surface area contributed by atoms with Crippen molar-refractivity contribution in [2.45, 2.75) is 25.8 Å². The largest absolute Gasteiger partial charge is 0.505 e. The monoisotopic (exact) mass is 183 g/mol. The molecule has 1 aliphatic carbocycles. The van der Waals surface area contributed by atoms with E-state index in [4.69, 9.17) is 10.8 Å². The minimum absolute atomic E-state index is 0. The van der Waals surface area contributed by atoms with Gasteiger partial charge in [0.1, 0.15) is 0 Å². The Balaban J connectivity index is 0. The Morgan fingerprint density at radius 1 is 1.73 bits per heavy atom. The quantitative estimate of drug-likeness (QED) is 0.600. The SMILES string of the molecule is CCOC(=O)O.Cl.NC1CC1. The predicted octanol–water partition coefficient (Wildman–Crippen LogP) is 1.23. The van der Waals surface area contributed by atoms with Crippen molar-refractivity contribution in [3.63, 3.8) is 0 Å². The van der Waals surface area contributed by atoms with Crippen LogP contribution in [0.5, 0.6) is 0 Å². The van der Waals surface area contributed by atoms with E-state index >= 15 is 0 Å². The average molecular weight is 184 g/mol. The zero-order valence-electron chi connectivity index (χ0n) is 6.45. The van der Waals surface area contributed by atoms with Crippen molar-refractivity contribution in [2.75, 3.05) is 6.61 Å². The van der Waals surface area contributed by atoms with Crippen LogP contribution in [0.3, 0.4) is 0 Å². The molecule has 0 radical (unpaired) electrons. The second kappa shape index (κ2) is 7.63. The summed E-state index contributed by atoms with van der Waals surface area (Å²) >= 11 is 0. The van der Waals surface area contributed by atoms with Gasteiger partial charge in [-0.25, -0.2) is 4.79 Å². The molecule has 0 atom stereocenters. The first-order valence-corrected chi connectivity index (χ1v) is 3.28. The lowest BCUT2D eigenvalue weighted by molar-refractivity contribution is 0.0966. The molecule has 1 rings (SSSR count). The van der Waals surface area contributed by atoms with Gasteiger partial charge in [-0.15, -0.1) is 12.4 Å². The molecule has 0 spiro atoms. The molecular weight excluding hydrogens is 170 g/mol. The van der Waals surface area contributed by atoms with Gasteiger partial charge in [0.15, 0.2) is 0 Å². The molecule has 11 heavy (non-hydrogen) atoms. The third-order valence-corrected chi connectivity index (χ3v) is 0.890. The standard InChI is InChI=1S/C3H7N.C3H6O3.ClH/c4-3-1-2-3;1-2-6-3(4)5;/h3H,1-2,4H2;2H2,1H3,(H,4,5);1H. The van der Waals surface area contributed by atoms with E-state index in [0.29, 0.717) is 6.04 Å². The molecule has 1 saturated carbocycles. The summed E-state index contributed by atoms with van der Waals surface area (Å²) in [7, 11) is 0. The maximum atomic E-state index is 9.38. The highest BCUT2D eigenvalue weighted by atomic mass is 35.5. The van der Waals surface area contributed by atoms with Crippen molar-refractivity contribution < 1.29 is 14.6 Å². The number of hydrogen-bond donors (Lipinski definition) is 2. The first kappa shape index (κ1) is 13.1. The molecular formula is C6H14ClNO3. The molecule has 68 valence electrons. The summed E-state index contributed by atoms with van der Waals surface area (Å²) in [5.41, 5.74) is 5.22. The van der Waals surface area contributed by atoms with E-state index in [-0.39, 0.29) is 19.0 Å². The summed E-state index contributed by atoms with van der Waals surface area (Å²) < 4.78 is 3.96. The summed E-state index contributed by atoms with van der Waals surface area (Å²) in [5, 5.41) is 7.69. The van der Waals surface area contributed by atoms with E-state index in [1.165, 1.54) is 12.8 Å². The molecule has 1 fully saturated rings. The number of halogens is 1. The fourth-order valence-electron chi connectivity index (χ4n) is 0.220. The van der Waals surface area contributed by atoms with Crippen molar-refractivity contribution >= 4 is 18.6 Å². The van der Waals surface area contributed by atoms with Gasteiger partial charge in [-0.3, -0.25) is 0 Å². The highest BCUT2D eigenvalue weighted by molar-refractivity contribution is 5.85. The normalized spacial score (nSPS) is 13.6. The third-order valence-electron chi connectivity index (χ3n) is 0.890. The molecule has 4 nitrogen and oxygen atoms in total. The van der Waals surface area contributed by atoms with Crippen molar-refractivity contribution in [1.82, 2.24) is 0 Å². The van der Waals surface area contributed by atoms with Crippen LogP contribution < -0.4 is 5.73 Å². The third kappa shape index (κ3) is 17.7. The Labute approximate surface area is 72.1 Å². The van der Waals surface area contributed by atoms with E-state index in [1.54, 1.807) is 6.92 Å². The second-order valence-electron chi connectivity index (χ2n) is 2.04. The number of hydrogen-bond acceptors (Lipinski definition) is 3.